The smallest absolute Gasteiger partial charge is 0.305 e. The van der Waals surface area contributed by atoms with Gasteiger partial charge in [0.05, 0.1) is 43.5 Å². The average Bonchev–Trinajstić information content (AvgIpc) is 3.71. The van der Waals surface area contributed by atoms with E-state index in [1.807, 2.05) is 7.11 Å². The summed E-state index contributed by atoms with van der Waals surface area (Å²) in [7, 11) is 3.26. The minimum absolute atomic E-state index is 0.0118. The molecule has 6 atom stereocenters. The summed E-state index contributed by atoms with van der Waals surface area (Å²) in [6.07, 6.45) is 14.1. The molecule has 0 unspecified atom stereocenters. The Balaban J connectivity index is 1.37. The zero-order valence-corrected chi connectivity index (χ0v) is 21.5. The fraction of sp³-hybridized carbons (Fsp3) is 0.889. The Hall–Kier alpha value is -0.950. The van der Waals surface area contributed by atoms with E-state index >= 15 is 0 Å². The minimum atomic E-state index is -0.195. The molecule has 2 saturated heterocycles. The third-order valence-corrected chi connectivity index (χ3v) is 7.82. The van der Waals surface area contributed by atoms with Crippen LogP contribution in [0, 0.1) is 5.92 Å². The van der Waals surface area contributed by atoms with E-state index in [9.17, 15) is 4.79 Å². The van der Waals surface area contributed by atoms with E-state index < -0.39 is 0 Å². The van der Waals surface area contributed by atoms with Gasteiger partial charge < -0.3 is 23.7 Å². The highest BCUT2D eigenvalue weighted by Crippen LogP contribution is 2.59. The molecular weight excluding hydrogens is 420 g/mol. The van der Waals surface area contributed by atoms with Gasteiger partial charge in [0.2, 0.25) is 0 Å². The number of carbonyl (C=O) groups is 1. The number of carbonyl (C=O) groups excluding carboxylic acids is 1. The predicted octanol–water partition coefficient (Wildman–Crippen LogP) is 5.37. The van der Waals surface area contributed by atoms with Crippen LogP contribution in [0.25, 0.3) is 0 Å². The zero-order valence-electron chi connectivity index (χ0n) is 21.5. The Morgan fingerprint density at radius 1 is 1.06 bits per heavy atom. The molecule has 1 saturated carbocycles. The lowest BCUT2D eigenvalue weighted by atomic mass is 9.68. The van der Waals surface area contributed by atoms with Gasteiger partial charge in [-0.05, 0) is 52.9 Å². The molecule has 1 aliphatic carbocycles. The minimum Gasteiger partial charge on any atom is -0.469 e. The van der Waals surface area contributed by atoms with Crippen molar-refractivity contribution in [3.8, 4) is 0 Å². The molecule has 0 aromatic rings. The molecule has 0 amide bonds. The summed E-state index contributed by atoms with van der Waals surface area (Å²) < 4.78 is 29.4. The maximum atomic E-state index is 11.1. The predicted molar refractivity (Wildman–Crippen MR) is 128 cm³/mol. The molecule has 0 N–H and O–H groups in total. The van der Waals surface area contributed by atoms with Gasteiger partial charge >= 0.3 is 5.97 Å². The summed E-state index contributed by atoms with van der Waals surface area (Å²) in [5, 5.41) is 0. The van der Waals surface area contributed by atoms with Gasteiger partial charge in [0, 0.05) is 20.1 Å². The molecule has 2 heterocycles. The highest BCUT2D eigenvalue weighted by molar-refractivity contribution is 5.68. The lowest BCUT2D eigenvalue weighted by Crippen LogP contribution is -2.55. The highest BCUT2D eigenvalue weighted by atomic mass is 16.6. The molecule has 33 heavy (non-hydrogen) atoms. The summed E-state index contributed by atoms with van der Waals surface area (Å²) in [6, 6.07) is 0. The van der Waals surface area contributed by atoms with Crippen LogP contribution in [0.15, 0.2) is 11.6 Å². The van der Waals surface area contributed by atoms with Gasteiger partial charge in [-0.1, -0.05) is 43.8 Å². The quantitative estimate of drug-likeness (QED) is 0.140. The van der Waals surface area contributed by atoms with Gasteiger partial charge in [-0.3, -0.25) is 4.79 Å². The number of esters is 1. The topological polar surface area (TPSA) is 69.8 Å². The molecule has 3 rings (SSSR count). The normalized spacial score (nSPS) is 34.8. The standard InChI is InChI=1S/C27H46O6/c1-20(2)14-15-22-26(3,33-22)25-24(30-5)21(16-17-27(25)19-32-27)31-18-12-10-8-6-7-9-11-13-23(28)29-4/h14,21-22,24-25H,6-13,15-19H2,1-5H3/t21-,22+,24+,25+,26-,27-/m0/s1. The molecule has 0 aromatic heterocycles. The van der Waals surface area contributed by atoms with Crippen LogP contribution in [0.2, 0.25) is 0 Å². The summed E-state index contributed by atoms with van der Waals surface area (Å²) in [6.45, 7) is 8.12. The third kappa shape index (κ3) is 7.03. The van der Waals surface area contributed by atoms with E-state index in [0.717, 1.165) is 51.7 Å². The lowest BCUT2D eigenvalue weighted by molar-refractivity contribution is -0.140. The summed E-state index contributed by atoms with van der Waals surface area (Å²) >= 11 is 0. The molecule has 0 aromatic carbocycles. The number of ether oxygens (including phenoxy) is 5. The molecular formula is C27H46O6. The van der Waals surface area contributed by atoms with Crippen LogP contribution in [0.5, 0.6) is 0 Å². The van der Waals surface area contributed by atoms with Crippen LogP contribution in [-0.4, -0.2) is 62.9 Å². The molecule has 6 heteroatoms. The summed E-state index contributed by atoms with van der Waals surface area (Å²) in [4.78, 5) is 11.1. The first-order valence-electron chi connectivity index (χ1n) is 13.0. The van der Waals surface area contributed by atoms with Crippen molar-refractivity contribution in [1.29, 1.82) is 0 Å². The van der Waals surface area contributed by atoms with Crippen molar-refractivity contribution in [2.24, 2.45) is 5.92 Å². The number of hydrogen-bond acceptors (Lipinski definition) is 6. The van der Waals surface area contributed by atoms with Gasteiger partial charge in [0.1, 0.15) is 5.60 Å². The molecule has 190 valence electrons. The van der Waals surface area contributed by atoms with Crippen LogP contribution in [0.3, 0.4) is 0 Å². The van der Waals surface area contributed by atoms with E-state index in [2.05, 4.69) is 31.6 Å². The average molecular weight is 467 g/mol. The van der Waals surface area contributed by atoms with Crippen LogP contribution in [0.1, 0.15) is 91.4 Å². The van der Waals surface area contributed by atoms with Gasteiger partial charge in [-0.15, -0.1) is 0 Å². The van der Waals surface area contributed by atoms with E-state index in [-0.39, 0.29) is 41.4 Å². The van der Waals surface area contributed by atoms with Gasteiger partial charge in [0.25, 0.3) is 0 Å². The van der Waals surface area contributed by atoms with Crippen LogP contribution in [-0.2, 0) is 28.5 Å². The Labute approximate surface area is 200 Å². The monoisotopic (exact) mass is 466 g/mol. The van der Waals surface area contributed by atoms with E-state index in [1.165, 1.54) is 38.4 Å². The lowest BCUT2D eigenvalue weighted by Gasteiger charge is -2.43. The van der Waals surface area contributed by atoms with Crippen molar-refractivity contribution in [2.45, 2.75) is 121 Å². The Morgan fingerprint density at radius 2 is 1.73 bits per heavy atom. The second-order valence-electron chi connectivity index (χ2n) is 10.6. The Morgan fingerprint density at radius 3 is 2.33 bits per heavy atom. The van der Waals surface area contributed by atoms with Crippen molar-refractivity contribution in [3.05, 3.63) is 11.6 Å². The third-order valence-electron chi connectivity index (χ3n) is 7.82. The Kier molecular flexibility index (Phi) is 9.81. The molecule has 0 radical (unpaired) electrons. The molecule has 0 bridgehead atoms. The molecule has 3 aliphatic rings. The van der Waals surface area contributed by atoms with Crippen molar-refractivity contribution in [2.75, 3.05) is 27.4 Å². The first-order chi connectivity index (χ1) is 15.9. The number of allylic oxidation sites excluding steroid dienone is 1. The second kappa shape index (κ2) is 12.1. The van der Waals surface area contributed by atoms with Crippen LogP contribution in [0.4, 0.5) is 0 Å². The largest absolute Gasteiger partial charge is 0.469 e. The molecule has 2 aliphatic heterocycles. The van der Waals surface area contributed by atoms with E-state index in [4.69, 9.17) is 18.9 Å². The number of methoxy groups -OCH3 is 2. The van der Waals surface area contributed by atoms with E-state index in [0.29, 0.717) is 6.42 Å². The van der Waals surface area contributed by atoms with Gasteiger partial charge in [0.15, 0.2) is 0 Å². The maximum absolute atomic E-state index is 11.1. The zero-order chi connectivity index (χ0) is 23.9. The summed E-state index contributed by atoms with van der Waals surface area (Å²) in [5.74, 6) is 0.116. The van der Waals surface area contributed by atoms with Crippen molar-refractivity contribution < 1.29 is 28.5 Å². The fourth-order valence-corrected chi connectivity index (χ4v) is 5.71. The summed E-state index contributed by atoms with van der Waals surface area (Å²) in [5.41, 5.74) is 1.06. The SMILES string of the molecule is COC(=O)CCCCCCCCCO[C@H]1CC[C@]2(CO2)[C@@H]([C@@]2(C)O[C@@H]2CC=C(C)C)[C@@H]1OC. The van der Waals surface area contributed by atoms with Crippen molar-refractivity contribution in [1.82, 2.24) is 0 Å². The molecule has 3 fully saturated rings. The first kappa shape index (κ1) is 26.7. The van der Waals surface area contributed by atoms with Crippen molar-refractivity contribution >= 4 is 5.97 Å². The van der Waals surface area contributed by atoms with Crippen LogP contribution >= 0.6 is 0 Å². The van der Waals surface area contributed by atoms with Gasteiger partial charge in [-0.25, -0.2) is 0 Å². The van der Waals surface area contributed by atoms with Crippen LogP contribution < -0.4 is 0 Å². The van der Waals surface area contributed by atoms with Crippen molar-refractivity contribution in [3.63, 3.8) is 0 Å². The van der Waals surface area contributed by atoms with Gasteiger partial charge in [-0.2, -0.15) is 0 Å². The van der Waals surface area contributed by atoms with E-state index in [1.54, 1.807) is 0 Å². The first-order valence-corrected chi connectivity index (χ1v) is 13.0. The highest BCUT2D eigenvalue weighted by Gasteiger charge is 2.71. The number of rotatable bonds is 15. The molecule has 6 nitrogen and oxygen atoms in total. The number of hydrogen-bond donors (Lipinski definition) is 0. The fourth-order valence-electron chi connectivity index (χ4n) is 5.71. The number of epoxide rings is 2. The number of unbranched alkanes of at least 4 members (excludes halogenated alkanes) is 6. The second-order valence-corrected chi connectivity index (χ2v) is 10.6. The Bertz CT molecular complexity index is 653. The molecule has 1 spiro atoms. The maximum Gasteiger partial charge on any atom is 0.305 e.